The van der Waals surface area contributed by atoms with E-state index in [1.165, 1.54) is 0 Å². The van der Waals surface area contributed by atoms with E-state index in [0.29, 0.717) is 0 Å². The molecule has 0 spiro atoms. The van der Waals surface area contributed by atoms with Crippen molar-refractivity contribution in [2.24, 2.45) is 5.73 Å². The maximum absolute atomic E-state index is 12.8. The Labute approximate surface area is 115 Å². The van der Waals surface area contributed by atoms with Gasteiger partial charge in [-0.15, -0.1) is 0 Å². The Morgan fingerprint density at radius 3 is 2.05 bits per heavy atom. The van der Waals surface area contributed by atoms with Gasteiger partial charge in [-0.3, -0.25) is 4.79 Å². The smallest absolute Gasteiger partial charge is 0.254 e. The number of likely N-dealkylation sites (tertiary alicyclic amines) is 1. The molecule has 0 aromatic heterocycles. The number of nitrogens with zero attached hydrogens (tertiary/aromatic N) is 1. The molecule has 1 aliphatic rings. The Balaban J connectivity index is 2.38. The van der Waals surface area contributed by atoms with Crippen molar-refractivity contribution in [2.45, 2.75) is 57.7 Å². The SMILES string of the molecule is CC1(C)CC(N)CC(C)(C)N1C(=O)c1ccccc1. The van der Waals surface area contributed by atoms with Gasteiger partial charge in [0.1, 0.15) is 0 Å². The van der Waals surface area contributed by atoms with Gasteiger partial charge in [-0.25, -0.2) is 0 Å². The maximum Gasteiger partial charge on any atom is 0.254 e. The van der Waals surface area contributed by atoms with Gasteiger partial charge in [0.05, 0.1) is 0 Å². The van der Waals surface area contributed by atoms with E-state index < -0.39 is 0 Å². The fourth-order valence-corrected chi connectivity index (χ4v) is 3.62. The minimum Gasteiger partial charge on any atom is -0.328 e. The third-order valence-electron chi connectivity index (χ3n) is 3.96. The molecule has 104 valence electrons. The lowest BCUT2D eigenvalue weighted by Gasteiger charge is -2.54. The number of nitrogens with two attached hydrogens (primary N) is 1. The number of hydrogen-bond donors (Lipinski definition) is 1. The van der Waals surface area contributed by atoms with Gasteiger partial charge >= 0.3 is 0 Å². The second kappa shape index (κ2) is 4.64. The molecule has 19 heavy (non-hydrogen) atoms. The first-order chi connectivity index (χ1) is 8.74. The molecule has 0 atom stereocenters. The molecule has 0 unspecified atom stereocenters. The zero-order valence-electron chi connectivity index (χ0n) is 12.3. The number of carbonyl (C=O) groups is 1. The fraction of sp³-hybridized carbons (Fsp3) is 0.562. The van der Waals surface area contributed by atoms with Crippen molar-refractivity contribution < 1.29 is 4.79 Å². The highest BCUT2D eigenvalue weighted by Crippen LogP contribution is 2.38. The van der Waals surface area contributed by atoms with Crippen molar-refractivity contribution in [3.05, 3.63) is 35.9 Å². The Kier molecular flexibility index (Phi) is 3.43. The first kappa shape index (κ1) is 14.1. The van der Waals surface area contributed by atoms with Crippen LogP contribution in [0.4, 0.5) is 0 Å². The Morgan fingerprint density at radius 2 is 1.58 bits per heavy atom. The monoisotopic (exact) mass is 260 g/mol. The molecule has 0 aliphatic carbocycles. The van der Waals surface area contributed by atoms with Gasteiger partial charge in [-0.1, -0.05) is 18.2 Å². The van der Waals surface area contributed by atoms with Crippen LogP contribution in [0.5, 0.6) is 0 Å². The van der Waals surface area contributed by atoms with E-state index in [1.54, 1.807) is 0 Å². The molecule has 3 nitrogen and oxygen atoms in total. The van der Waals surface area contributed by atoms with Gasteiger partial charge in [0.25, 0.3) is 5.91 Å². The number of benzene rings is 1. The van der Waals surface area contributed by atoms with Crippen LogP contribution in [-0.2, 0) is 0 Å². The molecule has 1 aromatic rings. The lowest BCUT2D eigenvalue weighted by molar-refractivity contribution is -0.0172. The summed E-state index contributed by atoms with van der Waals surface area (Å²) in [5.41, 5.74) is 6.47. The van der Waals surface area contributed by atoms with Gasteiger partial charge in [0.2, 0.25) is 0 Å². The van der Waals surface area contributed by atoms with Gasteiger partial charge in [-0.05, 0) is 52.7 Å². The molecule has 1 heterocycles. The molecule has 1 fully saturated rings. The highest BCUT2D eigenvalue weighted by atomic mass is 16.2. The van der Waals surface area contributed by atoms with Crippen LogP contribution in [0.2, 0.25) is 0 Å². The summed E-state index contributed by atoms with van der Waals surface area (Å²) in [7, 11) is 0. The molecule has 1 saturated heterocycles. The Bertz CT molecular complexity index is 447. The quantitative estimate of drug-likeness (QED) is 0.844. The van der Waals surface area contributed by atoms with Crippen LogP contribution in [0, 0.1) is 0 Å². The zero-order valence-corrected chi connectivity index (χ0v) is 12.3. The van der Waals surface area contributed by atoms with Gasteiger partial charge in [-0.2, -0.15) is 0 Å². The van der Waals surface area contributed by atoms with E-state index in [2.05, 4.69) is 27.7 Å². The highest BCUT2D eigenvalue weighted by Gasteiger charge is 2.46. The maximum atomic E-state index is 12.8. The summed E-state index contributed by atoms with van der Waals surface area (Å²) >= 11 is 0. The molecular weight excluding hydrogens is 236 g/mol. The standard InChI is InChI=1S/C16H24N2O/c1-15(2)10-13(17)11-16(3,4)18(15)14(19)12-8-6-5-7-9-12/h5-9,13H,10-11,17H2,1-4H3. The average Bonchev–Trinajstić information content (AvgIpc) is 2.26. The fourth-order valence-electron chi connectivity index (χ4n) is 3.62. The van der Waals surface area contributed by atoms with Crippen LogP contribution in [0.25, 0.3) is 0 Å². The predicted octanol–water partition coefficient (Wildman–Crippen LogP) is 2.81. The second-order valence-corrected chi connectivity index (χ2v) is 6.80. The van der Waals surface area contributed by atoms with E-state index in [9.17, 15) is 4.79 Å². The van der Waals surface area contributed by atoms with E-state index in [0.717, 1.165) is 18.4 Å². The van der Waals surface area contributed by atoms with E-state index in [4.69, 9.17) is 5.73 Å². The summed E-state index contributed by atoms with van der Waals surface area (Å²) in [6, 6.07) is 9.65. The summed E-state index contributed by atoms with van der Waals surface area (Å²) in [6.07, 6.45) is 1.68. The summed E-state index contributed by atoms with van der Waals surface area (Å²) in [6.45, 7) is 8.42. The minimum atomic E-state index is -0.214. The second-order valence-electron chi connectivity index (χ2n) is 6.80. The third-order valence-corrected chi connectivity index (χ3v) is 3.96. The molecule has 3 heteroatoms. The molecule has 0 radical (unpaired) electrons. The predicted molar refractivity (Wildman–Crippen MR) is 78.0 cm³/mol. The van der Waals surface area contributed by atoms with E-state index in [1.807, 2.05) is 35.2 Å². The van der Waals surface area contributed by atoms with Crippen molar-refractivity contribution in [1.29, 1.82) is 0 Å². The molecule has 2 rings (SSSR count). The highest BCUT2D eigenvalue weighted by molar-refractivity contribution is 5.95. The summed E-state index contributed by atoms with van der Waals surface area (Å²) in [5.74, 6) is 0.0995. The van der Waals surface area contributed by atoms with E-state index >= 15 is 0 Å². The van der Waals surface area contributed by atoms with Crippen LogP contribution in [0.1, 0.15) is 50.9 Å². The largest absolute Gasteiger partial charge is 0.328 e. The van der Waals surface area contributed by atoms with E-state index in [-0.39, 0.29) is 23.0 Å². The lowest BCUT2D eigenvalue weighted by Crippen LogP contribution is -2.65. The van der Waals surface area contributed by atoms with Gasteiger partial charge < -0.3 is 10.6 Å². The number of carbonyl (C=O) groups excluding carboxylic acids is 1. The van der Waals surface area contributed by atoms with Gasteiger partial charge in [0.15, 0.2) is 0 Å². The zero-order chi connectivity index (χ0) is 14.3. The minimum absolute atomic E-state index is 0.0995. The Morgan fingerprint density at radius 1 is 1.11 bits per heavy atom. The summed E-state index contributed by atoms with van der Waals surface area (Å²) in [4.78, 5) is 14.8. The van der Waals surface area contributed by atoms with Crippen LogP contribution in [0.15, 0.2) is 30.3 Å². The van der Waals surface area contributed by atoms with Crippen LogP contribution in [0.3, 0.4) is 0 Å². The van der Waals surface area contributed by atoms with Crippen LogP contribution in [-0.4, -0.2) is 27.9 Å². The molecule has 2 N–H and O–H groups in total. The van der Waals surface area contributed by atoms with Crippen molar-refractivity contribution in [1.82, 2.24) is 4.90 Å². The van der Waals surface area contributed by atoms with Gasteiger partial charge in [0, 0.05) is 22.7 Å². The normalized spacial score (nSPS) is 22.3. The summed E-state index contributed by atoms with van der Waals surface area (Å²) < 4.78 is 0. The number of rotatable bonds is 1. The summed E-state index contributed by atoms with van der Waals surface area (Å²) in [5, 5.41) is 0. The molecule has 0 saturated carbocycles. The van der Waals surface area contributed by atoms with Crippen molar-refractivity contribution in [2.75, 3.05) is 0 Å². The Hall–Kier alpha value is -1.35. The molecular formula is C16H24N2O. The average molecular weight is 260 g/mol. The molecule has 1 amide bonds. The first-order valence-electron chi connectivity index (χ1n) is 6.89. The van der Waals surface area contributed by atoms with Crippen LogP contribution >= 0.6 is 0 Å². The number of amides is 1. The van der Waals surface area contributed by atoms with Crippen molar-refractivity contribution >= 4 is 5.91 Å². The van der Waals surface area contributed by atoms with Crippen molar-refractivity contribution in [3.8, 4) is 0 Å². The lowest BCUT2D eigenvalue weighted by atomic mass is 9.77. The molecule has 1 aromatic carbocycles. The first-order valence-corrected chi connectivity index (χ1v) is 6.89. The van der Waals surface area contributed by atoms with Crippen molar-refractivity contribution in [3.63, 3.8) is 0 Å². The van der Waals surface area contributed by atoms with Crippen LogP contribution < -0.4 is 5.73 Å². The molecule has 0 bridgehead atoms. The number of piperidine rings is 1. The third kappa shape index (κ3) is 2.66. The number of hydrogen-bond acceptors (Lipinski definition) is 2. The topological polar surface area (TPSA) is 46.3 Å². The molecule has 1 aliphatic heterocycles.